The smallest absolute Gasteiger partial charge is 0.251 e. The molecule has 140 valence electrons. The molecule has 1 atom stereocenters. The quantitative estimate of drug-likeness (QED) is 0.784. The fraction of sp³-hybridized carbons (Fsp3) is 0.562. The molecule has 0 aliphatic carbocycles. The van der Waals surface area contributed by atoms with Crippen LogP contribution in [0.3, 0.4) is 0 Å². The number of sulfonamides is 1. The molecule has 0 aromatic heterocycles. The second kappa shape index (κ2) is 7.05. The molecule has 1 aromatic carbocycles. The highest BCUT2D eigenvalue weighted by molar-refractivity contribution is 7.91. The molecule has 1 N–H and O–H groups in total. The first-order chi connectivity index (χ1) is 11.5. The molecular weight excluding hydrogens is 364 g/mol. The van der Waals surface area contributed by atoms with Crippen LogP contribution in [0, 0.1) is 0 Å². The topological polar surface area (TPSA) is 101 Å². The molecule has 9 heteroatoms. The van der Waals surface area contributed by atoms with Crippen LogP contribution in [0.4, 0.5) is 0 Å². The third-order valence-corrected chi connectivity index (χ3v) is 8.35. The molecule has 7 nitrogen and oxygen atoms in total. The Balaban J connectivity index is 2.16. The Morgan fingerprint density at radius 1 is 1.20 bits per heavy atom. The summed E-state index contributed by atoms with van der Waals surface area (Å²) < 4.78 is 49.4. The Labute approximate surface area is 149 Å². The molecule has 1 aliphatic heterocycles. The number of carbonyl (C=O) groups excluding carboxylic acids is 1. The number of rotatable bonds is 6. The maximum atomic E-state index is 12.4. The van der Waals surface area contributed by atoms with Crippen LogP contribution < -0.4 is 5.32 Å². The van der Waals surface area contributed by atoms with Gasteiger partial charge in [0.2, 0.25) is 10.0 Å². The summed E-state index contributed by atoms with van der Waals surface area (Å²) in [4.78, 5) is 12.5. The summed E-state index contributed by atoms with van der Waals surface area (Å²) in [5, 5.41) is 2.75. The van der Waals surface area contributed by atoms with E-state index in [0.29, 0.717) is 25.1 Å². The molecule has 1 amide bonds. The third-order valence-electron chi connectivity index (χ3n) is 4.38. The van der Waals surface area contributed by atoms with Gasteiger partial charge in [-0.1, -0.05) is 13.8 Å². The standard InChI is InChI=1S/C16H24N2O5S2/c1-4-18(5-2)25(22,23)14-8-6-13(7-9-14)15(19)17-16(3)10-11-24(20,21)12-16/h6-9H,4-5,10-12H2,1-3H3,(H,17,19)/t16-/m1/s1. The summed E-state index contributed by atoms with van der Waals surface area (Å²) in [5.74, 6) is -0.434. The Kier molecular flexibility index (Phi) is 5.60. The lowest BCUT2D eigenvalue weighted by molar-refractivity contribution is 0.0915. The van der Waals surface area contributed by atoms with E-state index in [1.807, 2.05) is 0 Å². The Bertz CT molecular complexity index is 843. The third kappa shape index (κ3) is 4.39. The van der Waals surface area contributed by atoms with Gasteiger partial charge in [0.15, 0.2) is 9.84 Å². The maximum Gasteiger partial charge on any atom is 0.251 e. The van der Waals surface area contributed by atoms with E-state index < -0.39 is 31.3 Å². The molecule has 2 rings (SSSR count). The molecule has 25 heavy (non-hydrogen) atoms. The van der Waals surface area contributed by atoms with E-state index in [-0.39, 0.29) is 16.4 Å². The van der Waals surface area contributed by atoms with Crippen LogP contribution in [-0.4, -0.2) is 57.2 Å². The largest absolute Gasteiger partial charge is 0.346 e. The van der Waals surface area contributed by atoms with Crippen LogP contribution in [0.5, 0.6) is 0 Å². The van der Waals surface area contributed by atoms with Crippen LogP contribution in [0.1, 0.15) is 37.6 Å². The number of nitrogens with zero attached hydrogens (tertiary/aromatic N) is 1. The number of sulfone groups is 1. The Hall–Kier alpha value is -1.45. The molecule has 0 radical (unpaired) electrons. The van der Waals surface area contributed by atoms with Crippen molar-refractivity contribution < 1.29 is 21.6 Å². The summed E-state index contributed by atoms with van der Waals surface area (Å²) in [5.41, 5.74) is -0.494. The van der Waals surface area contributed by atoms with Gasteiger partial charge >= 0.3 is 0 Å². The van der Waals surface area contributed by atoms with E-state index in [1.165, 1.54) is 28.6 Å². The van der Waals surface area contributed by atoms with Crippen molar-refractivity contribution in [1.82, 2.24) is 9.62 Å². The van der Waals surface area contributed by atoms with Crippen molar-refractivity contribution >= 4 is 25.8 Å². The van der Waals surface area contributed by atoms with Crippen molar-refractivity contribution in [1.29, 1.82) is 0 Å². The van der Waals surface area contributed by atoms with E-state index in [1.54, 1.807) is 20.8 Å². The van der Waals surface area contributed by atoms with Crippen LogP contribution >= 0.6 is 0 Å². The molecule has 1 heterocycles. The minimum absolute atomic E-state index is 0.0603. The first-order valence-corrected chi connectivity index (χ1v) is 11.4. The van der Waals surface area contributed by atoms with Gasteiger partial charge in [0.25, 0.3) is 5.91 Å². The van der Waals surface area contributed by atoms with Gasteiger partial charge in [-0.15, -0.1) is 0 Å². The highest BCUT2D eigenvalue weighted by Crippen LogP contribution is 2.23. The Morgan fingerprint density at radius 3 is 2.20 bits per heavy atom. The van der Waals surface area contributed by atoms with E-state index in [9.17, 15) is 21.6 Å². The molecule has 1 fully saturated rings. The van der Waals surface area contributed by atoms with Gasteiger partial charge in [-0.05, 0) is 37.6 Å². The molecule has 0 saturated carbocycles. The summed E-state index contributed by atoms with van der Waals surface area (Å²) in [6, 6.07) is 5.68. The maximum absolute atomic E-state index is 12.4. The fourth-order valence-corrected chi connectivity index (χ4v) is 6.50. The van der Waals surface area contributed by atoms with Gasteiger partial charge in [0, 0.05) is 18.7 Å². The molecular formula is C16H24N2O5S2. The van der Waals surface area contributed by atoms with E-state index >= 15 is 0 Å². The molecule has 1 saturated heterocycles. The van der Waals surface area contributed by atoms with Gasteiger partial charge in [-0.3, -0.25) is 4.79 Å². The molecule has 1 aliphatic rings. The number of benzene rings is 1. The fourth-order valence-electron chi connectivity index (χ4n) is 2.95. The molecule has 0 spiro atoms. The highest BCUT2D eigenvalue weighted by atomic mass is 32.2. The van der Waals surface area contributed by atoms with Gasteiger partial charge < -0.3 is 5.32 Å². The van der Waals surface area contributed by atoms with Crippen LogP contribution in [0.2, 0.25) is 0 Å². The van der Waals surface area contributed by atoms with Crippen molar-refractivity contribution in [3.63, 3.8) is 0 Å². The van der Waals surface area contributed by atoms with Crippen molar-refractivity contribution in [2.45, 2.75) is 37.6 Å². The van der Waals surface area contributed by atoms with Crippen molar-refractivity contribution in [2.24, 2.45) is 0 Å². The van der Waals surface area contributed by atoms with E-state index in [2.05, 4.69) is 5.32 Å². The van der Waals surface area contributed by atoms with Gasteiger partial charge in [0.1, 0.15) is 0 Å². The zero-order valence-corrected chi connectivity index (χ0v) is 16.3. The lowest BCUT2D eigenvalue weighted by Crippen LogP contribution is -2.46. The SMILES string of the molecule is CCN(CC)S(=O)(=O)c1ccc(C(=O)N[C@]2(C)CCS(=O)(=O)C2)cc1. The van der Waals surface area contributed by atoms with Crippen LogP contribution in [0.15, 0.2) is 29.2 Å². The second-order valence-corrected chi connectivity index (χ2v) is 10.6. The number of hydrogen-bond acceptors (Lipinski definition) is 5. The molecule has 1 aromatic rings. The van der Waals surface area contributed by atoms with Crippen LogP contribution in [0.25, 0.3) is 0 Å². The average Bonchev–Trinajstić information content (AvgIpc) is 2.81. The average molecular weight is 389 g/mol. The summed E-state index contributed by atoms with van der Waals surface area (Å²) in [7, 11) is -6.69. The number of carbonyl (C=O) groups is 1. The number of nitrogens with one attached hydrogen (secondary N) is 1. The predicted molar refractivity (Wildman–Crippen MR) is 95.7 cm³/mol. The van der Waals surface area contributed by atoms with Crippen molar-refractivity contribution in [3.8, 4) is 0 Å². The Morgan fingerprint density at radius 2 is 1.76 bits per heavy atom. The van der Waals surface area contributed by atoms with E-state index in [0.717, 1.165) is 0 Å². The number of amides is 1. The molecule has 0 bridgehead atoms. The monoisotopic (exact) mass is 388 g/mol. The number of hydrogen-bond donors (Lipinski definition) is 1. The summed E-state index contributed by atoms with van der Waals surface area (Å²) in [6.45, 7) is 5.97. The van der Waals surface area contributed by atoms with Gasteiger partial charge in [0.05, 0.1) is 21.9 Å². The summed E-state index contributed by atoms with van der Waals surface area (Å²) >= 11 is 0. The van der Waals surface area contributed by atoms with Crippen molar-refractivity contribution in [3.05, 3.63) is 29.8 Å². The minimum Gasteiger partial charge on any atom is -0.346 e. The first kappa shape index (κ1) is 19.9. The van der Waals surface area contributed by atoms with Gasteiger partial charge in [-0.2, -0.15) is 4.31 Å². The van der Waals surface area contributed by atoms with Crippen molar-refractivity contribution in [2.75, 3.05) is 24.6 Å². The highest BCUT2D eigenvalue weighted by Gasteiger charge is 2.39. The summed E-state index contributed by atoms with van der Waals surface area (Å²) in [6.07, 6.45) is 0.371. The lowest BCUT2D eigenvalue weighted by atomic mass is 10.0. The zero-order valence-electron chi connectivity index (χ0n) is 14.6. The lowest BCUT2D eigenvalue weighted by Gasteiger charge is -2.24. The van der Waals surface area contributed by atoms with Gasteiger partial charge in [-0.25, -0.2) is 16.8 Å². The van der Waals surface area contributed by atoms with Crippen LogP contribution in [-0.2, 0) is 19.9 Å². The second-order valence-electron chi connectivity index (χ2n) is 6.47. The zero-order chi connectivity index (χ0) is 18.9. The normalized spacial score (nSPS) is 22.9. The minimum atomic E-state index is -3.57. The van der Waals surface area contributed by atoms with E-state index in [4.69, 9.17) is 0 Å². The molecule has 0 unspecified atom stereocenters. The predicted octanol–water partition coefficient (Wildman–Crippen LogP) is 1.02. The first-order valence-electron chi connectivity index (χ1n) is 8.16.